The highest BCUT2D eigenvalue weighted by Gasteiger charge is 2.08. The molecule has 0 saturated carbocycles. The summed E-state index contributed by atoms with van der Waals surface area (Å²) in [5.41, 5.74) is 0.808. The van der Waals surface area contributed by atoms with E-state index in [0.29, 0.717) is 17.0 Å². The topological polar surface area (TPSA) is 111 Å². The van der Waals surface area contributed by atoms with Crippen LogP contribution in [0.5, 0.6) is 5.75 Å². The maximum atomic E-state index is 11.5. The molecule has 1 rings (SSSR count). The van der Waals surface area contributed by atoms with E-state index in [1.54, 1.807) is 0 Å². The van der Waals surface area contributed by atoms with E-state index in [2.05, 4.69) is 10.6 Å². The Balaban J connectivity index is 2.64. The maximum Gasteiger partial charge on any atom is 0.319 e. The first-order chi connectivity index (χ1) is 9.06. The quantitative estimate of drug-likeness (QED) is 0.738. The summed E-state index contributed by atoms with van der Waals surface area (Å²) in [6.45, 7) is 0.0275. The first-order valence-electron chi connectivity index (χ1n) is 5.41. The molecule has 0 unspecified atom stereocenters. The second kappa shape index (κ2) is 6.86. The van der Waals surface area contributed by atoms with Gasteiger partial charge in [0.1, 0.15) is 5.75 Å². The van der Waals surface area contributed by atoms with E-state index in [-0.39, 0.29) is 13.0 Å². The van der Waals surface area contributed by atoms with Crippen LogP contribution in [-0.4, -0.2) is 30.8 Å². The van der Waals surface area contributed by atoms with Gasteiger partial charge in [-0.1, -0.05) is 0 Å². The summed E-state index contributed by atoms with van der Waals surface area (Å²) in [5, 5.41) is 22.1. The number of carboxylic acids is 1. The Morgan fingerprint density at radius 3 is 2.79 bits per heavy atom. The number of nitriles is 1. The van der Waals surface area contributed by atoms with Crippen molar-refractivity contribution < 1.29 is 19.4 Å². The number of nitrogens with one attached hydrogen (secondary N) is 2. The average molecular weight is 263 g/mol. The lowest BCUT2D eigenvalue weighted by Gasteiger charge is -2.10. The van der Waals surface area contributed by atoms with Gasteiger partial charge in [0.2, 0.25) is 0 Å². The first-order valence-corrected chi connectivity index (χ1v) is 5.41. The first kappa shape index (κ1) is 14.3. The number of carboxylic acid groups (broad SMARTS) is 1. The molecule has 7 heteroatoms. The zero-order valence-corrected chi connectivity index (χ0v) is 10.3. The van der Waals surface area contributed by atoms with Crippen molar-refractivity contribution in [3.05, 3.63) is 23.8 Å². The van der Waals surface area contributed by atoms with E-state index < -0.39 is 12.0 Å². The normalized spacial score (nSPS) is 9.26. The molecule has 100 valence electrons. The third-order valence-corrected chi connectivity index (χ3v) is 2.20. The van der Waals surface area contributed by atoms with Gasteiger partial charge < -0.3 is 20.5 Å². The monoisotopic (exact) mass is 263 g/mol. The molecule has 0 aromatic heterocycles. The zero-order chi connectivity index (χ0) is 14.3. The molecule has 0 spiro atoms. The van der Waals surface area contributed by atoms with Gasteiger partial charge >= 0.3 is 12.0 Å². The summed E-state index contributed by atoms with van der Waals surface area (Å²) in [4.78, 5) is 21.8. The van der Waals surface area contributed by atoms with E-state index in [1.807, 2.05) is 6.07 Å². The number of amides is 2. The minimum Gasteiger partial charge on any atom is -0.495 e. The Hall–Kier alpha value is -2.75. The molecule has 7 nitrogen and oxygen atoms in total. The van der Waals surface area contributed by atoms with Gasteiger partial charge in [-0.3, -0.25) is 4.79 Å². The fourth-order valence-electron chi connectivity index (χ4n) is 1.31. The van der Waals surface area contributed by atoms with Crippen LogP contribution < -0.4 is 15.4 Å². The molecule has 2 amide bonds. The molecule has 1 aromatic carbocycles. The van der Waals surface area contributed by atoms with Crippen molar-refractivity contribution in [2.75, 3.05) is 19.0 Å². The van der Waals surface area contributed by atoms with Crippen molar-refractivity contribution in [3.63, 3.8) is 0 Å². The highest BCUT2D eigenvalue weighted by atomic mass is 16.5. The van der Waals surface area contributed by atoms with Crippen molar-refractivity contribution in [1.82, 2.24) is 5.32 Å². The van der Waals surface area contributed by atoms with Crippen LogP contribution in [0.1, 0.15) is 12.0 Å². The van der Waals surface area contributed by atoms with Crippen LogP contribution in [0.3, 0.4) is 0 Å². The lowest BCUT2D eigenvalue weighted by Crippen LogP contribution is -2.30. The Kier molecular flexibility index (Phi) is 5.17. The van der Waals surface area contributed by atoms with Gasteiger partial charge in [0.25, 0.3) is 0 Å². The molecule has 0 heterocycles. The number of aliphatic carboxylic acids is 1. The van der Waals surface area contributed by atoms with Gasteiger partial charge in [0, 0.05) is 12.6 Å². The van der Waals surface area contributed by atoms with E-state index in [9.17, 15) is 9.59 Å². The number of carbonyl (C=O) groups excluding carboxylic acids is 1. The fourth-order valence-corrected chi connectivity index (χ4v) is 1.31. The van der Waals surface area contributed by atoms with E-state index in [0.717, 1.165) is 0 Å². The summed E-state index contributed by atoms with van der Waals surface area (Å²) < 4.78 is 5.04. The molecular formula is C12H13N3O4. The predicted octanol–water partition coefficient (Wildman–Crippen LogP) is 1.16. The van der Waals surface area contributed by atoms with Crippen molar-refractivity contribution in [2.24, 2.45) is 0 Å². The average Bonchev–Trinajstić information content (AvgIpc) is 2.38. The number of hydrogen-bond donors (Lipinski definition) is 3. The lowest BCUT2D eigenvalue weighted by atomic mass is 10.2. The Morgan fingerprint density at radius 2 is 2.21 bits per heavy atom. The van der Waals surface area contributed by atoms with E-state index in [4.69, 9.17) is 15.1 Å². The number of anilines is 1. The van der Waals surface area contributed by atoms with Crippen LogP contribution in [0.15, 0.2) is 18.2 Å². The van der Waals surface area contributed by atoms with Crippen LogP contribution in [0.25, 0.3) is 0 Å². The van der Waals surface area contributed by atoms with Crippen molar-refractivity contribution in [3.8, 4) is 11.8 Å². The van der Waals surface area contributed by atoms with Crippen LogP contribution in [0.2, 0.25) is 0 Å². The molecule has 0 aliphatic carbocycles. The predicted molar refractivity (Wildman–Crippen MR) is 67.0 cm³/mol. The molecular weight excluding hydrogens is 250 g/mol. The Morgan fingerprint density at radius 1 is 1.47 bits per heavy atom. The van der Waals surface area contributed by atoms with Gasteiger partial charge in [0.05, 0.1) is 30.9 Å². The third kappa shape index (κ3) is 4.55. The number of rotatable bonds is 5. The van der Waals surface area contributed by atoms with Gasteiger partial charge in [-0.05, 0) is 12.1 Å². The van der Waals surface area contributed by atoms with Crippen molar-refractivity contribution >= 4 is 17.7 Å². The molecule has 3 N–H and O–H groups in total. The minimum atomic E-state index is -0.990. The van der Waals surface area contributed by atoms with Crippen LogP contribution in [-0.2, 0) is 4.79 Å². The summed E-state index contributed by atoms with van der Waals surface area (Å²) in [6.07, 6.45) is -0.155. The standard InChI is InChI=1S/C12H13N3O4/c1-19-10-6-8(7-13)2-3-9(10)15-12(18)14-5-4-11(16)17/h2-3,6H,4-5H2,1H3,(H,16,17)(H2,14,15,18). The molecule has 0 bridgehead atoms. The van der Waals surface area contributed by atoms with Gasteiger partial charge in [-0.15, -0.1) is 0 Å². The SMILES string of the molecule is COc1cc(C#N)ccc1NC(=O)NCCC(=O)O. The molecule has 1 aromatic rings. The minimum absolute atomic E-state index is 0.0275. The molecule has 0 radical (unpaired) electrons. The maximum absolute atomic E-state index is 11.5. The summed E-state index contributed by atoms with van der Waals surface area (Å²) >= 11 is 0. The summed E-state index contributed by atoms with van der Waals surface area (Å²) in [5.74, 6) is -0.635. The Bertz CT molecular complexity index is 522. The van der Waals surface area contributed by atoms with E-state index in [1.165, 1.54) is 25.3 Å². The number of ether oxygens (including phenoxy) is 1. The van der Waals surface area contributed by atoms with Crippen molar-refractivity contribution in [1.29, 1.82) is 5.26 Å². The molecule has 0 saturated heterocycles. The third-order valence-electron chi connectivity index (χ3n) is 2.20. The van der Waals surface area contributed by atoms with Gasteiger partial charge in [0.15, 0.2) is 0 Å². The number of hydrogen-bond acceptors (Lipinski definition) is 4. The van der Waals surface area contributed by atoms with Crippen LogP contribution in [0.4, 0.5) is 10.5 Å². The number of methoxy groups -OCH3 is 1. The molecule has 19 heavy (non-hydrogen) atoms. The molecule has 0 fully saturated rings. The second-order valence-corrected chi connectivity index (χ2v) is 3.55. The van der Waals surface area contributed by atoms with Gasteiger partial charge in [-0.25, -0.2) is 4.79 Å². The lowest BCUT2D eigenvalue weighted by molar-refractivity contribution is -0.136. The van der Waals surface area contributed by atoms with Crippen LogP contribution >= 0.6 is 0 Å². The van der Waals surface area contributed by atoms with Gasteiger partial charge in [-0.2, -0.15) is 5.26 Å². The van der Waals surface area contributed by atoms with E-state index >= 15 is 0 Å². The number of carbonyl (C=O) groups is 2. The molecule has 0 atom stereocenters. The highest BCUT2D eigenvalue weighted by Crippen LogP contribution is 2.25. The number of benzene rings is 1. The zero-order valence-electron chi connectivity index (χ0n) is 10.3. The highest BCUT2D eigenvalue weighted by molar-refractivity contribution is 5.91. The van der Waals surface area contributed by atoms with Crippen molar-refractivity contribution in [2.45, 2.75) is 6.42 Å². The molecule has 0 aliphatic heterocycles. The Labute approximate surface area is 109 Å². The summed E-state index contributed by atoms with van der Waals surface area (Å²) in [7, 11) is 1.42. The number of urea groups is 1. The second-order valence-electron chi connectivity index (χ2n) is 3.55. The van der Waals surface area contributed by atoms with Crippen LogP contribution in [0, 0.1) is 11.3 Å². The largest absolute Gasteiger partial charge is 0.495 e. The fraction of sp³-hybridized carbons (Fsp3) is 0.250. The summed E-state index contributed by atoms with van der Waals surface area (Å²) in [6, 6.07) is 5.98. The number of nitrogens with zero attached hydrogens (tertiary/aromatic N) is 1. The molecule has 0 aliphatic rings. The smallest absolute Gasteiger partial charge is 0.319 e.